The first-order valence-corrected chi connectivity index (χ1v) is 9.93. The van der Waals surface area contributed by atoms with Gasteiger partial charge in [0.2, 0.25) is 0 Å². The van der Waals surface area contributed by atoms with Crippen LogP contribution >= 0.6 is 35.3 Å². The first-order chi connectivity index (χ1) is 12.2. The van der Waals surface area contributed by atoms with Crippen molar-refractivity contribution in [1.82, 2.24) is 10.6 Å². The molecule has 1 saturated heterocycles. The topological polar surface area (TPSA) is 66.0 Å². The normalized spacial score (nSPS) is 15.3. The fourth-order valence-electron chi connectivity index (χ4n) is 2.96. The van der Waals surface area contributed by atoms with Crippen molar-refractivity contribution in [2.75, 3.05) is 38.7 Å². The van der Waals surface area contributed by atoms with Gasteiger partial charge in [-0.2, -0.15) is 0 Å². The number of nitrogens with one attached hydrogen (secondary N) is 2. The molecule has 0 bridgehead atoms. The Morgan fingerprint density at radius 1 is 1.35 bits per heavy atom. The molecule has 148 valence electrons. The number of unbranched alkanes of at least 4 members (excludes halogenated alkanes) is 2. The maximum absolute atomic E-state index is 11.0. The summed E-state index contributed by atoms with van der Waals surface area (Å²) in [6, 6.07) is 4.78. The Kier molecular flexibility index (Phi) is 11.7. The number of carbonyl (C=O) groups is 1. The van der Waals surface area contributed by atoms with Crippen LogP contribution in [-0.4, -0.2) is 51.8 Å². The number of ether oxygens (including phenoxy) is 1. The summed E-state index contributed by atoms with van der Waals surface area (Å²) in [4.78, 5) is 17.8. The molecule has 26 heavy (non-hydrogen) atoms. The summed E-state index contributed by atoms with van der Waals surface area (Å²) >= 11 is 1.81. The Balaban J connectivity index is 0.00000338. The second-order valence-electron chi connectivity index (χ2n) is 6.24. The third-order valence-corrected chi connectivity index (χ3v) is 5.38. The van der Waals surface area contributed by atoms with Crippen LogP contribution in [0.1, 0.15) is 38.5 Å². The van der Waals surface area contributed by atoms with Crippen molar-refractivity contribution in [2.45, 2.75) is 44.6 Å². The fraction of sp³-hybridized carbons (Fsp3) is 0.667. The molecule has 1 aromatic rings. The molecule has 0 spiro atoms. The zero-order valence-corrected chi connectivity index (χ0v) is 18.8. The van der Waals surface area contributed by atoms with Gasteiger partial charge < -0.3 is 20.3 Å². The van der Waals surface area contributed by atoms with E-state index in [1.54, 1.807) is 0 Å². The molecule has 0 aromatic carbocycles. The fourth-order valence-corrected chi connectivity index (χ4v) is 3.75. The van der Waals surface area contributed by atoms with Crippen LogP contribution in [0.15, 0.2) is 22.5 Å². The van der Waals surface area contributed by atoms with Gasteiger partial charge in [-0.15, -0.1) is 35.3 Å². The average Bonchev–Trinajstić information content (AvgIpc) is 3.18. The summed E-state index contributed by atoms with van der Waals surface area (Å²) in [5, 5.41) is 10.4. The molecule has 2 N–H and O–H groups in total. The van der Waals surface area contributed by atoms with Gasteiger partial charge >= 0.3 is 5.97 Å². The lowest BCUT2D eigenvalue weighted by Gasteiger charge is -2.33. The number of hydrogen-bond donors (Lipinski definition) is 2. The number of rotatable bonds is 8. The number of esters is 1. The smallest absolute Gasteiger partial charge is 0.305 e. The van der Waals surface area contributed by atoms with Crippen molar-refractivity contribution in [3.63, 3.8) is 0 Å². The number of hydrogen-bond acceptors (Lipinski definition) is 5. The van der Waals surface area contributed by atoms with E-state index in [4.69, 9.17) is 0 Å². The molecule has 8 heteroatoms. The third kappa shape index (κ3) is 8.11. The van der Waals surface area contributed by atoms with Gasteiger partial charge in [0, 0.05) is 39.1 Å². The minimum Gasteiger partial charge on any atom is -0.469 e. The van der Waals surface area contributed by atoms with E-state index in [1.807, 2.05) is 18.4 Å². The standard InChI is InChI=1S/C18H30N4O2S.HI/c1-19-18(20-11-5-3-4-8-17(23)24-2)21-15-9-12-22(13-10-15)16-7-6-14-25-16;/h6-7,14-15H,3-5,8-13H2,1-2H3,(H2,19,20,21);1H. The van der Waals surface area contributed by atoms with E-state index in [9.17, 15) is 4.79 Å². The molecule has 1 fully saturated rings. The van der Waals surface area contributed by atoms with Crippen LogP contribution in [-0.2, 0) is 9.53 Å². The predicted octanol–water partition coefficient (Wildman–Crippen LogP) is 3.23. The molecule has 1 aliphatic heterocycles. The van der Waals surface area contributed by atoms with Crippen LogP contribution in [0.4, 0.5) is 5.00 Å². The summed E-state index contributed by atoms with van der Waals surface area (Å²) in [6.45, 7) is 3.04. The molecule has 0 saturated carbocycles. The van der Waals surface area contributed by atoms with Crippen molar-refractivity contribution in [3.8, 4) is 0 Å². The number of piperidine rings is 1. The largest absolute Gasteiger partial charge is 0.469 e. The van der Waals surface area contributed by atoms with Crippen molar-refractivity contribution in [2.24, 2.45) is 4.99 Å². The Hall–Kier alpha value is -1.03. The van der Waals surface area contributed by atoms with Gasteiger partial charge in [0.1, 0.15) is 0 Å². The van der Waals surface area contributed by atoms with Crippen LogP contribution < -0.4 is 15.5 Å². The number of halogens is 1. The van der Waals surface area contributed by atoms with Gasteiger partial charge in [-0.05, 0) is 43.2 Å². The molecular weight excluding hydrogens is 463 g/mol. The lowest BCUT2D eigenvalue weighted by atomic mass is 10.1. The summed E-state index contributed by atoms with van der Waals surface area (Å²) in [7, 11) is 3.25. The van der Waals surface area contributed by atoms with Crippen molar-refractivity contribution in [3.05, 3.63) is 17.5 Å². The molecular formula is C18H31IN4O2S. The summed E-state index contributed by atoms with van der Waals surface area (Å²) in [5.74, 6) is 0.752. The molecule has 1 aliphatic rings. The van der Waals surface area contributed by atoms with E-state index in [1.165, 1.54) is 12.1 Å². The van der Waals surface area contributed by atoms with E-state index < -0.39 is 0 Å². The van der Waals surface area contributed by atoms with Gasteiger partial charge in [-0.25, -0.2) is 0 Å². The highest BCUT2D eigenvalue weighted by Gasteiger charge is 2.20. The van der Waals surface area contributed by atoms with Gasteiger partial charge in [-0.1, -0.05) is 6.42 Å². The Labute approximate surface area is 177 Å². The maximum Gasteiger partial charge on any atom is 0.305 e. The predicted molar refractivity (Wildman–Crippen MR) is 120 cm³/mol. The second kappa shape index (κ2) is 13.2. The molecule has 0 unspecified atom stereocenters. The van der Waals surface area contributed by atoms with E-state index in [2.05, 4.69) is 42.8 Å². The van der Waals surface area contributed by atoms with E-state index in [0.717, 1.165) is 57.7 Å². The summed E-state index contributed by atoms with van der Waals surface area (Å²) < 4.78 is 4.64. The molecule has 0 aliphatic carbocycles. The van der Waals surface area contributed by atoms with Gasteiger partial charge in [0.15, 0.2) is 5.96 Å². The minimum atomic E-state index is -0.126. The monoisotopic (exact) mass is 494 g/mol. The number of guanidine groups is 1. The van der Waals surface area contributed by atoms with Crippen molar-refractivity contribution >= 4 is 52.2 Å². The van der Waals surface area contributed by atoms with E-state index in [0.29, 0.717) is 12.5 Å². The van der Waals surface area contributed by atoms with Crippen molar-refractivity contribution < 1.29 is 9.53 Å². The lowest BCUT2D eigenvalue weighted by molar-refractivity contribution is -0.140. The number of nitrogens with zero attached hydrogens (tertiary/aromatic N) is 2. The van der Waals surface area contributed by atoms with Gasteiger partial charge in [0.05, 0.1) is 12.1 Å². The van der Waals surface area contributed by atoms with Crippen LogP contribution in [0.5, 0.6) is 0 Å². The van der Waals surface area contributed by atoms with Crippen molar-refractivity contribution in [1.29, 1.82) is 0 Å². The quantitative estimate of drug-likeness (QED) is 0.191. The number of thiophene rings is 1. The highest BCUT2D eigenvalue weighted by molar-refractivity contribution is 14.0. The van der Waals surface area contributed by atoms with E-state index in [-0.39, 0.29) is 29.9 Å². The number of anilines is 1. The third-order valence-electron chi connectivity index (χ3n) is 4.46. The number of carbonyl (C=O) groups excluding carboxylic acids is 1. The average molecular weight is 494 g/mol. The molecule has 1 aromatic heterocycles. The minimum absolute atomic E-state index is 0. The van der Waals surface area contributed by atoms with Gasteiger partial charge in [-0.3, -0.25) is 9.79 Å². The zero-order valence-electron chi connectivity index (χ0n) is 15.7. The molecule has 6 nitrogen and oxygen atoms in total. The highest BCUT2D eigenvalue weighted by atomic mass is 127. The Bertz CT molecular complexity index is 531. The summed E-state index contributed by atoms with van der Waals surface area (Å²) in [5.41, 5.74) is 0. The molecule has 0 radical (unpaired) electrons. The van der Waals surface area contributed by atoms with Crippen LogP contribution in [0, 0.1) is 0 Å². The maximum atomic E-state index is 11.0. The van der Waals surface area contributed by atoms with Crippen LogP contribution in [0.3, 0.4) is 0 Å². The Morgan fingerprint density at radius 3 is 2.73 bits per heavy atom. The summed E-state index contributed by atoms with van der Waals surface area (Å²) in [6.07, 6.45) is 5.66. The number of aliphatic imine (C=N–C) groups is 1. The van der Waals surface area contributed by atoms with Gasteiger partial charge in [0.25, 0.3) is 0 Å². The first kappa shape index (κ1) is 23.0. The Morgan fingerprint density at radius 2 is 2.12 bits per heavy atom. The first-order valence-electron chi connectivity index (χ1n) is 9.05. The molecule has 0 atom stereocenters. The second-order valence-corrected chi connectivity index (χ2v) is 7.17. The zero-order chi connectivity index (χ0) is 17.9. The molecule has 2 heterocycles. The lowest BCUT2D eigenvalue weighted by Crippen LogP contribution is -2.48. The number of methoxy groups -OCH3 is 1. The SMILES string of the molecule is CN=C(NCCCCCC(=O)OC)NC1CCN(c2cccs2)CC1.I. The molecule has 0 amide bonds. The van der Waals surface area contributed by atoms with E-state index >= 15 is 0 Å². The van der Waals surface area contributed by atoms with Crippen LogP contribution in [0.2, 0.25) is 0 Å². The highest BCUT2D eigenvalue weighted by Crippen LogP contribution is 2.24. The molecule has 2 rings (SSSR count). The van der Waals surface area contributed by atoms with Crippen LogP contribution in [0.25, 0.3) is 0 Å².